The standard InChI is InChI=1S/C16H17FN2O2/c1-10-6-12(3)13(7-11(10)2)9-18-16-8-14(19(20)21)4-5-15(16)17/h4-8,18H,9H2,1-3H3. The number of nitrogens with zero attached hydrogens (tertiary/aromatic N) is 1. The van der Waals surface area contributed by atoms with Gasteiger partial charge in [-0.2, -0.15) is 0 Å². The summed E-state index contributed by atoms with van der Waals surface area (Å²) in [5, 5.41) is 13.7. The van der Waals surface area contributed by atoms with Crippen LogP contribution in [0.15, 0.2) is 30.3 Å². The van der Waals surface area contributed by atoms with E-state index in [0.29, 0.717) is 6.54 Å². The SMILES string of the molecule is Cc1cc(C)c(CNc2cc([N+](=O)[O-])ccc2F)cc1C. The number of non-ortho nitro benzene ring substituents is 1. The number of benzene rings is 2. The average Bonchev–Trinajstić information content (AvgIpc) is 2.42. The highest BCUT2D eigenvalue weighted by atomic mass is 19.1. The third-order valence-corrected chi connectivity index (χ3v) is 3.58. The lowest BCUT2D eigenvalue weighted by molar-refractivity contribution is -0.384. The molecule has 21 heavy (non-hydrogen) atoms. The fraction of sp³-hybridized carbons (Fsp3) is 0.250. The Morgan fingerprint density at radius 2 is 1.76 bits per heavy atom. The summed E-state index contributed by atoms with van der Waals surface area (Å²) in [4.78, 5) is 10.2. The Morgan fingerprint density at radius 1 is 1.10 bits per heavy atom. The molecule has 0 radical (unpaired) electrons. The molecule has 2 aromatic carbocycles. The molecule has 0 spiro atoms. The molecular formula is C16H17FN2O2. The first-order valence-electron chi connectivity index (χ1n) is 6.63. The number of hydrogen-bond donors (Lipinski definition) is 1. The number of hydrogen-bond acceptors (Lipinski definition) is 3. The van der Waals surface area contributed by atoms with Crippen LogP contribution in [-0.2, 0) is 6.54 Å². The molecule has 2 rings (SSSR count). The molecule has 0 aliphatic heterocycles. The Bertz CT molecular complexity index is 699. The molecule has 0 bridgehead atoms. The molecule has 0 saturated carbocycles. The molecule has 0 fully saturated rings. The second-order valence-electron chi connectivity index (χ2n) is 5.14. The van der Waals surface area contributed by atoms with Gasteiger partial charge >= 0.3 is 0 Å². The molecule has 5 heteroatoms. The smallest absolute Gasteiger partial charge is 0.271 e. The summed E-state index contributed by atoms with van der Waals surface area (Å²) < 4.78 is 13.7. The van der Waals surface area contributed by atoms with Gasteiger partial charge in [-0.1, -0.05) is 12.1 Å². The largest absolute Gasteiger partial charge is 0.378 e. The Kier molecular flexibility index (Phi) is 4.21. The van der Waals surface area contributed by atoms with Gasteiger partial charge in [-0.3, -0.25) is 10.1 Å². The van der Waals surface area contributed by atoms with Gasteiger partial charge in [0.1, 0.15) is 5.82 Å². The van der Waals surface area contributed by atoms with Crippen LogP contribution in [-0.4, -0.2) is 4.92 Å². The van der Waals surface area contributed by atoms with Crippen molar-refractivity contribution in [2.75, 3.05) is 5.32 Å². The van der Waals surface area contributed by atoms with Crippen LogP contribution >= 0.6 is 0 Å². The van der Waals surface area contributed by atoms with E-state index in [2.05, 4.69) is 11.4 Å². The third kappa shape index (κ3) is 3.37. The number of halogens is 1. The number of nitrogens with one attached hydrogen (secondary N) is 1. The van der Waals surface area contributed by atoms with Crippen molar-refractivity contribution >= 4 is 11.4 Å². The van der Waals surface area contributed by atoms with Crippen LogP contribution in [0.4, 0.5) is 15.8 Å². The van der Waals surface area contributed by atoms with Crippen LogP contribution in [0.25, 0.3) is 0 Å². The Morgan fingerprint density at radius 3 is 2.43 bits per heavy atom. The molecule has 4 nitrogen and oxygen atoms in total. The van der Waals surface area contributed by atoms with E-state index in [9.17, 15) is 14.5 Å². The zero-order valence-electron chi connectivity index (χ0n) is 12.2. The summed E-state index contributed by atoms with van der Waals surface area (Å²) in [5.41, 5.74) is 4.53. The lowest BCUT2D eigenvalue weighted by Gasteiger charge is -2.12. The maximum Gasteiger partial charge on any atom is 0.271 e. The normalized spacial score (nSPS) is 10.5. The zero-order chi connectivity index (χ0) is 15.6. The highest BCUT2D eigenvalue weighted by Gasteiger charge is 2.11. The van der Waals surface area contributed by atoms with Crippen molar-refractivity contribution in [2.24, 2.45) is 0 Å². The van der Waals surface area contributed by atoms with Crippen molar-refractivity contribution in [1.29, 1.82) is 0 Å². The zero-order valence-corrected chi connectivity index (χ0v) is 12.2. The topological polar surface area (TPSA) is 55.2 Å². The Balaban J connectivity index is 2.22. The van der Waals surface area contributed by atoms with E-state index < -0.39 is 10.7 Å². The predicted molar refractivity (Wildman–Crippen MR) is 81.0 cm³/mol. The second-order valence-corrected chi connectivity index (χ2v) is 5.14. The van der Waals surface area contributed by atoms with Crippen molar-refractivity contribution < 1.29 is 9.31 Å². The molecular weight excluding hydrogens is 271 g/mol. The minimum atomic E-state index is -0.536. The number of aryl methyl sites for hydroxylation is 3. The number of nitro groups is 1. The van der Waals surface area contributed by atoms with Gasteiger partial charge in [0.05, 0.1) is 10.6 Å². The van der Waals surface area contributed by atoms with Gasteiger partial charge in [-0.05, 0) is 49.1 Å². The van der Waals surface area contributed by atoms with Crippen LogP contribution in [0.1, 0.15) is 22.3 Å². The lowest BCUT2D eigenvalue weighted by Crippen LogP contribution is -2.04. The monoisotopic (exact) mass is 288 g/mol. The fourth-order valence-corrected chi connectivity index (χ4v) is 2.16. The average molecular weight is 288 g/mol. The van der Waals surface area contributed by atoms with Crippen molar-refractivity contribution in [2.45, 2.75) is 27.3 Å². The summed E-state index contributed by atoms with van der Waals surface area (Å²) in [6, 6.07) is 7.60. The minimum absolute atomic E-state index is 0.129. The molecule has 110 valence electrons. The van der Waals surface area contributed by atoms with Gasteiger partial charge in [0.15, 0.2) is 0 Å². The van der Waals surface area contributed by atoms with Crippen molar-refractivity contribution in [1.82, 2.24) is 0 Å². The maximum absolute atomic E-state index is 13.7. The second kappa shape index (κ2) is 5.91. The van der Waals surface area contributed by atoms with E-state index in [1.54, 1.807) is 0 Å². The van der Waals surface area contributed by atoms with Gasteiger partial charge < -0.3 is 5.32 Å². The fourth-order valence-electron chi connectivity index (χ4n) is 2.16. The lowest BCUT2D eigenvalue weighted by atomic mass is 10.0. The maximum atomic E-state index is 13.7. The number of nitro benzene ring substituents is 1. The van der Waals surface area contributed by atoms with E-state index in [1.165, 1.54) is 11.6 Å². The molecule has 2 aromatic rings. The molecule has 0 aliphatic carbocycles. The van der Waals surface area contributed by atoms with E-state index in [0.717, 1.165) is 28.8 Å². The van der Waals surface area contributed by atoms with Crippen LogP contribution in [0.3, 0.4) is 0 Å². The summed E-state index contributed by atoms with van der Waals surface area (Å²) in [6.07, 6.45) is 0. The summed E-state index contributed by atoms with van der Waals surface area (Å²) in [5.74, 6) is -0.498. The Hall–Kier alpha value is -2.43. The quantitative estimate of drug-likeness (QED) is 0.675. The molecule has 1 N–H and O–H groups in total. The predicted octanol–water partition coefficient (Wildman–Crippen LogP) is 4.27. The van der Waals surface area contributed by atoms with E-state index in [1.807, 2.05) is 26.8 Å². The van der Waals surface area contributed by atoms with Crippen LogP contribution in [0, 0.1) is 36.7 Å². The molecule has 0 aromatic heterocycles. The van der Waals surface area contributed by atoms with Crippen molar-refractivity contribution in [3.8, 4) is 0 Å². The number of rotatable bonds is 4. The molecule has 0 atom stereocenters. The van der Waals surface area contributed by atoms with Gasteiger partial charge in [-0.15, -0.1) is 0 Å². The third-order valence-electron chi connectivity index (χ3n) is 3.58. The number of anilines is 1. The Labute approximate surface area is 122 Å². The van der Waals surface area contributed by atoms with Crippen LogP contribution < -0.4 is 5.32 Å². The highest BCUT2D eigenvalue weighted by Crippen LogP contribution is 2.23. The highest BCUT2D eigenvalue weighted by molar-refractivity contribution is 5.53. The molecule has 0 amide bonds. The van der Waals surface area contributed by atoms with Crippen LogP contribution in [0.2, 0.25) is 0 Å². The van der Waals surface area contributed by atoms with Gasteiger partial charge in [-0.25, -0.2) is 4.39 Å². The summed E-state index contributed by atoms with van der Waals surface area (Å²) in [6.45, 7) is 6.48. The van der Waals surface area contributed by atoms with Gasteiger partial charge in [0.2, 0.25) is 0 Å². The van der Waals surface area contributed by atoms with Gasteiger partial charge in [0.25, 0.3) is 5.69 Å². The molecule has 0 saturated heterocycles. The summed E-state index contributed by atoms with van der Waals surface area (Å²) >= 11 is 0. The van der Waals surface area contributed by atoms with E-state index in [4.69, 9.17) is 0 Å². The van der Waals surface area contributed by atoms with Gasteiger partial charge in [0, 0.05) is 18.7 Å². The molecule has 0 aliphatic rings. The first-order valence-corrected chi connectivity index (χ1v) is 6.63. The van der Waals surface area contributed by atoms with Crippen molar-refractivity contribution in [3.05, 3.63) is 68.5 Å². The first-order chi connectivity index (χ1) is 9.88. The van der Waals surface area contributed by atoms with Crippen molar-refractivity contribution in [3.63, 3.8) is 0 Å². The van der Waals surface area contributed by atoms with E-state index >= 15 is 0 Å². The van der Waals surface area contributed by atoms with E-state index in [-0.39, 0.29) is 11.4 Å². The summed E-state index contributed by atoms with van der Waals surface area (Å²) in [7, 11) is 0. The van der Waals surface area contributed by atoms with Crippen LogP contribution in [0.5, 0.6) is 0 Å². The first kappa shape index (κ1) is 15.0. The molecule has 0 heterocycles. The molecule has 0 unspecified atom stereocenters. The minimum Gasteiger partial charge on any atom is -0.378 e.